The lowest BCUT2D eigenvalue weighted by Crippen LogP contribution is -2.36. The molecule has 0 bridgehead atoms. The predicted molar refractivity (Wildman–Crippen MR) is 91.4 cm³/mol. The first-order chi connectivity index (χ1) is 11.3. The molecule has 1 amide bonds. The number of nitriles is 1. The molecule has 0 spiro atoms. The van der Waals surface area contributed by atoms with Gasteiger partial charge in [0.1, 0.15) is 0 Å². The minimum Gasteiger partial charge on any atom is -0.385 e. The van der Waals surface area contributed by atoms with Gasteiger partial charge in [0.05, 0.1) is 11.6 Å². The highest BCUT2D eigenvalue weighted by Gasteiger charge is 2.21. The summed E-state index contributed by atoms with van der Waals surface area (Å²) in [5.74, 6) is 0.151. The molecule has 116 valence electrons. The molecule has 2 aromatic carbocycles. The van der Waals surface area contributed by atoms with E-state index in [1.165, 1.54) is 5.56 Å². The number of carbonyl (C=O) groups is 1. The number of anilines is 2. The third-order valence-electron chi connectivity index (χ3n) is 4.09. The largest absolute Gasteiger partial charge is 0.385 e. The van der Waals surface area contributed by atoms with Crippen LogP contribution in [0.15, 0.2) is 48.5 Å². The van der Waals surface area contributed by atoms with E-state index in [1.807, 2.05) is 35.2 Å². The van der Waals surface area contributed by atoms with E-state index in [0.717, 1.165) is 30.8 Å². The van der Waals surface area contributed by atoms with Gasteiger partial charge in [-0.15, -0.1) is 0 Å². The Morgan fingerprint density at radius 1 is 1.17 bits per heavy atom. The van der Waals surface area contributed by atoms with Crippen LogP contribution in [0.2, 0.25) is 0 Å². The lowest BCUT2D eigenvalue weighted by atomic mass is 10.0. The summed E-state index contributed by atoms with van der Waals surface area (Å²) in [5.41, 5.74) is 3.88. The zero-order valence-corrected chi connectivity index (χ0v) is 13.0. The number of nitrogens with one attached hydrogen (secondary N) is 1. The van der Waals surface area contributed by atoms with Crippen LogP contribution in [-0.2, 0) is 11.2 Å². The maximum Gasteiger partial charge on any atom is 0.228 e. The number of aryl methyl sites for hydroxylation is 1. The van der Waals surface area contributed by atoms with Crippen LogP contribution in [0.1, 0.15) is 24.0 Å². The maximum atomic E-state index is 12.5. The number of benzene rings is 2. The number of para-hydroxylation sites is 1. The van der Waals surface area contributed by atoms with Crippen molar-refractivity contribution in [3.05, 3.63) is 59.7 Å². The highest BCUT2D eigenvalue weighted by Crippen LogP contribution is 2.27. The van der Waals surface area contributed by atoms with Crippen LogP contribution < -0.4 is 10.2 Å². The molecule has 1 aliphatic rings. The molecule has 1 aliphatic heterocycles. The third-order valence-corrected chi connectivity index (χ3v) is 4.09. The number of carbonyl (C=O) groups excluding carboxylic acids is 1. The molecule has 3 rings (SSSR count). The first kappa shape index (κ1) is 15.1. The highest BCUT2D eigenvalue weighted by molar-refractivity contribution is 5.94. The Hall–Kier alpha value is -2.80. The predicted octanol–water partition coefficient (Wildman–Crippen LogP) is 3.34. The Morgan fingerprint density at radius 2 is 1.96 bits per heavy atom. The summed E-state index contributed by atoms with van der Waals surface area (Å²) in [7, 11) is 0. The average molecular weight is 305 g/mol. The van der Waals surface area contributed by atoms with Crippen molar-refractivity contribution in [3.8, 4) is 6.07 Å². The van der Waals surface area contributed by atoms with Crippen LogP contribution in [-0.4, -0.2) is 19.0 Å². The van der Waals surface area contributed by atoms with Crippen molar-refractivity contribution in [2.75, 3.05) is 23.3 Å². The SMILES string of the molecule is N#Cc1ccc(NCCC(=O)N2CCCc3ccccc32)cc1. The van der Waals surface area contributed by atoms with E-state index in [1.54, 1.807) is 12.1 Å². The Labute approximate surface area is 136 Å². The van der Waals surface area contributed by atoms with E-state index < -0.39 is 0 Å². The van der Waals surface area contributed by atoms with E-state index in [-0.39, 0.29) is 5.91 Å². The smallest absolute Gasteiger partial charge is 0.228 e. The number of hydrogen-bond donors (Lipinski definition) is 1. The van der Waals surface area contributed by atoms with E-state index in [4.69, 9.17) is 5.26 Å². The molecule has 0 aliphatic carbocycles. The van der Waals surface area contributed by atoms with Crippen LogP contribution in [0.3, 0.4) is 0 Å². The second-order valence-electron chi connectivity index (χ2n) is 5.64. The summed E-state index contributed by atoms with van der Waals surface area (Å²) in [6, 6.07) is 17.5. The second-order valence-corrected chi connectivity index (χ2v) is 5.64. The van der Waals surface area contributed by atoms with Crippen molar-refractivity contribution in [3.63, 3.8) is 0 Å². The van der Waals surface area contributed by atoms with Crippen molar-refractivity contribution in [2.24, 2.45) is 0 Å². The molecule has 0 unspecified atom stereocenters. The molecule has 1 N–H and O–H groups in total. The van der Waals surface area contributed by atoms with Gasteiger partial charge in [0.25, 0.3) is 0 Å². The van der Waals surface area contributed by atoms with Gasteiger partial charge in [-0.2, -0.15) is 5.26 Å². The Balaban J connectivity index is 1.57. The molecule has 0 saturated heterocycles. The number of hydrogen-bond acceptors (Lipinski definition) is 3. The van der Waals surface area contributed by atoms with E-state index in [9.17, 15) is 4.79 Å². The lowest BCUT2D eigenvalue weighted by molar-refractivity contribution is -0.118. The van der Waals surface area contributed by atoms with Gasteiger partial charge in [0.15, 0.2) is 0 Å². The standard InChI is InChI=1S/C19H19N3O/c20-14-15-7-9-17(10-8-15)21-12-11-19(23)22-13-3-5-16-4-1-2-6-18(16)22/h1-2,4,6-10,21H,3,5,11-13H2. The first-order valence-corrected chi connectivity index (χ1v) is 7.90. The van der Waals surface area contributed by atoms with Crippen LogP contribution >= 0.6 is 0 Å². The summed E-state index contributed by atoms with van der Waals surface area (Å²) in [6.45, 7) is 1.39. The first-order valence-electron chi connectivity index (χ1n) is 7.90. The van der Waals surface area contributed by atoms with Gasteiger partial charge in [-0.3, -0.25) is 4.79 Å². The monoisotopic (exact) mass is 305 g/mol. The number of rotatable bonds is 4. The molecule has 0 saturated carbocycles. The van der Waals surface area contributed by atoms with E-state index in [2.05, 4.69) is 17.5 Å². The van der Waals surface area contributed by atoms with Gasteiger partial charge >= 0.3 is 0 Å². The van der Waals surface area contributed by atoms with Gasteiger partial charge in [-0.1, -0.05) is 18.2 Å². The number of nitrogens with zero attached hydrogens (tertiary/aromatic N) is 2. The molecule has 0 atom stereocenters. The summed E-state index contributed by atoms with van der Waals surface area (Å²) in [6.07, 6.45) is 2.52. The van der Waals surface area contributed by atoms with Crippen molar-refractivity contribution in [2.45, 2.75) is 19.3 Å². The number of fused-ring (bicyclic) bond motifs is 1. The van der Waals surface area contributed by atoms with Crippen LogP contribution in [0.4, 0.5) is 11.4 Å². The maximum absolute atomic E-state index is 12.5. The molecular weight excluding hydrogens is 286 g/mol. The second kappa shape index (κ2) is 6.97. The Bertz CT molecular complexity index is 731. The van der Waals surface area contributed by atoms with E-state index >= 15 is 0 Å². The molecule has 4 nitrogen and oxygen atoms in total. The zero-order chi connectivity index (χ0) is 16.1. The molecule has 0 aromatic heterocycles. The van der Waals surface area contributed by atoms with E-state index in [0.29, 0.717) is 18.5 Å². The van der Waals surface area contributed by atoms with Crippen LogP contribution in [0.25, 0.3) is 0 Å². The van der Waals surface area contributed by atoms with Crippen LogP contribution in [0.5, 0.6) is 0 Å². The average Bonchev–Trinajstić information content (AvgIpc) is 2.61. The lowest BCUT2D eigenvalue weighted by Gasteiger charge is -2.29. The van der Waals surface area contributed by atoms with Crippen molar-refractivity contribution in [1.82, 2.24) is 0 Å². The van der Waals surface area contributed by atoms with Crippen molar-refractivity contribution >= 4 is 17.3 Å². The van der Waals surface area contributed by atoms with Crippen LogP contribution in [0, 0.1) is 11.3 Å². The minimum absolute atomic E-state index is 0.151. The summed E-state index contributed by atoms with van der Waals surface area (Å²) in [4.78, 5) is 14.4. The normalized spacial score (nSPS) is 13.1. The zero-order valence-electron chi connectivity index (χ0n) is 13.0. The van der Waals surface area contributed by atoms with Gasteiger partial charge in [0.2, 0.25) is 5.91 Å². The molecule has 0 fully saturated rings. The third kappa shape index (κ3) is 3.51. The molecule has 2 aromatic rings. The van der Waals surface area contributed by atoms with Gasteiger partial charge < -0.3 is 10.2 Å². The quantitative estimate of drug-likeness (QED) is 0.942. The van der Waals surface area contributed by atoms with Gasteiger partial charge in [-0.05, 0) is 48.7 Å². The fourth-order valence-corrected chi connectivity index (χ4v) is 2.90. The Kier molecular flexibility index (Phi) is 4.58. The summed E-state index contributed by atoms with van der Waals surface area (Å²) in [5, 5.41) is 12.0. The topological polar surface area (TPSA) is 56.1 Å². The fraction of sp³-hybridized carbons (Fsp3) is 0.263. The Morgan fingerprint density at radius 3 is 2.74 bits per heavy atom. The molecule has 1 heterocycles. The van der Waals surface area contributed by atoms with Gasteiger partial charge in [0, 0.05) is 30.9 Å². The minimum atomic E-state index is 0.151. The molecular formula is C19H19N3O. The van der Waals surface area contributed by atoms with Crippen molar-refractivity contribution in [1.29, 1.82) is 5.26 Å². The molecule has 4 heteroatoms. The van der Waals surface area contributed by atoms with Crippen molar-refractivity contribution < 1.29 is 4.79 Å². The number of amides is 1. The summed E-state index contributed by atoms with van der Waals surface area (Å²) >= 11 is 0. The van der Waals surface area contributed by atoms with Gasteiger partial charge in [-0.25, -0.2) is 0 Å². The fourth-order valence-electron chi connectivity index (χ4n) is 2.90. The summed E-state index contributed by atoms with van der Waals surface area (Å²) < 4.78 is 0. The molecule has 23 heavy (non-hydrogen) atoms. The molecule has 0 radical (unpaired) electrons. The highest BCUT2D eigenvalue weighted by atomic mass is 16.2.